The van der Waals surface area contributed by atoms with E-state index in [2.05, 4.69) is 13.8 Å². The van der Waals surface area contributed by atoms with Crippen molar-refractivity contribution in [2.24, 2.45) is 33.5 Å². The third-order valence-electron chi connectivity index (χ3n) is 9.35. The normalized spacial score (nSPS) is 54.5. The summed E-state index contributed by atoms with van der Waals surface area (Å²) in [5.41, 5.74) is -0.322. The third-order valence-corrected chi connectivity index (χ3v) is 9.35. The summed E-state index contributed by atoms with van der Waals surface area (Å²) in [7, 11) is 1.52. The van der Waals surface area contributed by atoms with E-state index in [4.69, 9.17) is 4.74 Å². The minimum absolute atomic E-state index is 0.0358. The van der Waals surface area contributed by atoms with Crippen LogP contribution in [0.4, 0.5) is 0 Å². The van der Waals surface area contributed by atoms with Crippen LogP contribution in [0.25, 0.3) is 0 Å². The molecule has 1 spiro atoms. The van der Waals surface area contributed by atoms with Gasteiger partial charge in [0, 0.05) is 5.41 Å². The molecule has 4 heteroatoms. The lowest BCUT2D eigenvalue weighted by molar-refractivity contribution is -0.186. The maximum Gasteiger partial charge on any atom is 0.311 e. The Bertz CT molecular complexity index is 576. The van der Waals surface area contributed by atoms with Crippen molar-refractivity contribution in [3.05, 3.63) is 0 Å². The molecule has 4 nitrogen and oxygen atoms in total. The highest BCUT2D eigenvalue weighted by molar-refractivity contribution is 5.77. The number of hydrogen-bond donors (Lipinski definition) is 2. The second-order valence-corrected chi connectivity index (χ2v) is 10.2. The van der Waals surface area contributed by atoms with Gasteiger partial charge in [-0.2, -0.15) is 0 Å². The van der Waals surface area contributed by atoms with Crippen LogP contribution in [0.1, 0.15) is 71.6 Å². The fraction of sp³-hybridized carbons (Fsp3) is 0.952. The fourth-order valence-electron chi connectivity index (χ4n) is 8.27. The quantitative estimate of drug-likeness (QED) is 0.750. The second kappa shape index (κ2) is 5.45. The number of rotatable bonds is 2. The first kappa shape index (κ1) is 17.8. The van der Waals surface area contributed by atoms with Crippen LogP contribution in [0.5, 0.6) is 0 Å². The first-order valence-electron chi connectivity index (χ1n) is 10.1. The molecule has 0 saturated heterocycles. The van der Waals surface area contributed by atoms with Crippen LogP contribution in [0, 0.1) is 33.5 Å². The van der Waals surface area contributed by atoms with Gasteiger partial charge in [0.05, 0.1) is 25.2 Å². The molecule has 0 radical (unpaired) electrons. The molecule has 0 aromatic rings. The lowest BCUT2D eigenvalue weighted by atomic mass is 9.40. The number of ether oxygens (including phenoxy) is 1. The topological polar surface area (TPSA) is 66.8 Å². The predicted molar refractivity (Wildman–Crippen MR) is 94.7 cm³/mol. The van der Waals surface area contributed by atoms with Crippen molar-refractivity contribution in [1.82, 2.24) is 0 Å². The maximum atomic E-state index is 12.7. The van der Waals surface area contributed by atoms with Gasteiger partial charge >= 0.3 is 5.97 Å². The lowest BCUT2D eigenvalue weighted by Gasteiger charge is -2.64. The van der Waals surface area contributed by atoms with Gasteiger partial charge < -0.3 is 14.9 Å². The summed E-state index contributed by atoms with van der Waals surface area (Å²) in [5, 5.41) is 20.7. The van der Waals surface area contributed by atoms with Crippen molar-refractivity contribution in [1.29, 1.82) is 0 Å². The standard InChI is InChI=1S/C21H34O4/c1-18-7-4-8-19(2,17(24)25-3)14(18)5-9-20-11-16(23)21(12-20,13-22)10-6-15(18)20/h14-16,22-23H,4-13H2,1-3H3/t14-,15-,16-,18+,19-,20-,21-/m1/s1. The average molecular weight is 350 g/mol. The van der Waals surface area contributed by atoms with E-state index < -0.39 is 0 Å². The Morgan fingerprint density at radius 2 is 1.84 bits per heavy atom. The molecule has 4 aliphatic carbocycles. The summed E-state index contributed by atoms with van der Waals surface area (Å²) in [4.78, 5) is 12.7. The molecule has 0 aliphatic heterocycles. The number of esters is 1. The van der Waals surface area contributed by atoms with Crippen molar-refractivity contribution >= 4 is 5.97 Å². The van der Waals surface area contributed by atoms with E-state index in [1.54, 1.807) is 0 Å². The zero-order valence-corrected chi connectivity index (χ0v) is 16.0. The number of carbonyl (C=O) groups is 1. The van der Waals surface area contributed by atoms with Gasteiger partial charge in [0.2, 0.25) is 0 Å². The molecule has 4 fully saturated rings. The summed E-state index contributed by atoms with van der Waals surface area (Å²) < 4.78 is 5.22. The number of aliphatic hydroxyl groups is 2. The van der Waals surface area contributed by atoms with Gasteiger partial charge in [0.15, 0.2) is 0 Å². The Morgan fingerprint density at radius 1 is 1.12 bits per heavy atom. The van der Waals surface area contributed by atoms with E-state index in [-0.39, 0.29) is 40.3 Å². The highest BCUT2D eigenvalue weighted by Gasteiger charge is 2.68. The number of methoxy groups -OCH3 is 1. The smallest absolute Gasteiger partial charge is 0.311 e. The summed E-state index contributed by atoms with van der Waals surface area (Å²) in [6.45, 7) is 4.66. The third kappa shape index (κ3) is 2.10. The molecule has 0 aromatic carbocycles. The first-order chi connectivity index (χ1) is 11.8. The first-order valence-corrected chi connectivity index (χ1v) is 10.1. The van der Waals surface area contributed by atoms with E-state index in [1.165, 1.54) is 13.5 Å². The number of aliphatic hydroxyl groups excluding tert-OH is 2. The molecule has 4 saturated carbocycles. The minimum Gasteiger partial charge on any atom is -0.469 e. The Morgan fingerprint density at radius 3 is 2.52 bits per heavy atom. The summed E-state index contributed by atoms with van der Waals surface area (Å²) >= 11 is 0. The number of carbonyl (C=O) groups excluding carboxylic acids is 1. The molecule has 0 heterocycles. The monoisotopic (exact) mass is 350 g/mol. The van der Waals surface area contributed by atoms with Gasteiger partial charge in [-0.05, 0) is 81.0 Å². The van der Waals surface area contributed by atoms with E-state index in [0.29, 0.717) is 11.8 Å². The van der Waals surface area contributed by atoms with Crippen molar-refractivity contribution in [3.63, 3.8) is 0 Å². The van der Waals surface area contributed by atoms with Crippen LogP contribution in [0.15, 0.2) is 0 Å². The summed E-state index contributed by atoms with van der Waals surface area (Å²) in [6.07, 6.45) is 8.79. The molecule has 142 valence electrons. The van der Waals surface area contributed by atoms with Crippen molar-refractivity contribution < 1.29 is 19.7 Å². The molecule has 0 aromatic heterocycles. The Balaban J connectivity index is 1.71. The summed E-state index contributed by atoms with van der Waals surface area (Å²) in [5.74, 6) is 0.891. The van der Waals surface area contributed by atoms with Crippen molar-refractivity contribution in [2.75, 3.05) is 13.7 Å². The van der Waals surface area contributed by atoms with Gasteiger partial charge in [-0.3, -0.25) is 4.79 Å². The van der Waals surface area contributed by atoms with Crippen LogP contribution in [0.2, 0.25) is 0 Å². The summed E-state index contributed by atoms with van der Waals surface area (Å²) in [6, 6.07) is 0. The largest absolute Gasteiger partial charge is 0.469 e. The van der Waals surface area contributed by atoms with E-state index in [1.807, 2.05) is 0 Å². The molecule has 4 aliphatic rings. The van der Waals surface area contributed by atoms with Gasteiger partial charge in [0.1, 0.15) is 0 Å². The van der Waals surface area contributed by atoms with Crippen LogP contribution < -0.4 is 0 Å². The van der Waals surface area contributed by atoms with Crippen LogP contribution in [0.3, 0.4) is 0 Å². The molecule has 2 bridgehead atoms. The maximum absolute atomic E-state index is 12.7. The minimum atomic E-state index is -0.369. The molecular formula is C21H34O4. The van der Waals surface area contributed by atoms with Crippen molar-refractivity contribution in [3.8, 4) is 0 Å². The van der Waals surface area contributed by atoms with Crippen molar-refractivity contribution in [2.45, 2.75) is 77.7 Å². The predicted octanol–water partition coefficient (Wildman–Crippen LogP) is 3.30. The van der Waals surface area contributed by atoms with E-state index in [9.17, 15) is 15.0 Å². The van der Waals surface area contributed by atoms with Gasteiger partial charge in [0.25, 0.3) is 0 Å². The Labute approximate surface area is 151 Å². The molecule has 2 N–H and O–H groups in total. The molecule has 25 heavy (non-hydrogen) atoms. The highest BCUT2D eigenvalue weighted by atomic mass is 16.5. The van der Waals surface area contributed by atoms with E-state index >= 15 is 0 Å². The number of fused-ring (bicyclic) bond motifs is 3. The van der Waals surface area contributed by atoms with Crippen LogP contribution >= 0.6 is 0 Å². The van der Waals surface area contributed by atoms with Crippen LogP contribution in [-0.4, -0.2) is 36.0 Å². The zero-order chi connectivity index (χ0) is 18.1. The molecule has 0 unspecified atom stereocenters. The van der Waals surface area contributed by atoms with Crippen LogP contribution in [-0.2, 0) is 9.53 Å². The Kier molecular flexibility index (Phi) is 3.88. The zero-order valence-electron chi connectivity index (χ0n) is 16.0. The molecule has 4 rings (SSSR count). The highest BCUT2D eigenvalue weighted by Crippen LogP contribution is 2.73. The SMILES string of the molecule is COC(=O)[C@]1(C)CCC[C@@]2(C)[C@H]1CC[C@]13C[C@@H](O)[C@](CO)(CC[C@@H]12)C3. The van der Waals surface area contributed by atoms with E-state index in [0.717, 1.165) is 51.4 Å². The molecule has 7 atom stereocenters. The Hall–Kier alpha value is -0.610. The number of hydrogen-bond acceptors (Lipinski definition) is 4. The average Bonchev–Trinajstić information content (AvgIpc) is 2.79. The second-order valence-electron chi connectivity index (χ2n) is 10.2. The van der Waals surface area contributed by atoms with Gasteiger partial charge in [-0.1, -0.05) is 13.3 Å². The fourth-order valence-corrected chi connectivity index (χ4v) is 8.27. The molecule has 0 amide bonds. The lowest BCUT2D eigenvalue weighted by Crippen LogP contribution is -2.59. The molecular weight excluding hydrogens is 316 g/mol. The van der Waals surface area contributed by atoms with Gasteiger partial charge in [-0.25, -0.2) is 0 Å². The van der Waals surface area contributed by atoms with Gasteiger partial charge in [-0.15, -0.1) is 0 Å².